The molecule has 2 atom stereocenters. The van der Waals surface area contributed by atoms with Crippen molar-refractivity contribution >= 4 is 22.3 Å². The van der Waals surface area contributed by atoms with Crippen LogP contribution in [0.4, 0.5) is 0 Å². The normalized spacial score (nSPS) is 22.5. The van der Waals surface area contributed by atoms with E-state index in [2.05, 4.69) is 36.3 Å². The Kier molecular flexibility index (Phi) is 3.67. The number of carbonyl (C=O) groups excluding carboxylic acids is 1. The third-order valence-corrected chi connectivity index (χ3v) is 5.71. The lowest BCUT2D eigenvalue weighted by molar-refractivity contribution is -0.118. The molecule has 4 rings (SSSR count). The number of carbonyl (C=O) groups is 1. The molecule has 0 aliphatic heterocycles. The van der Waals surface area contributed by atoms with E-state index >= 15 is 0 Å². The maximum absolute atomic E-state index is 11.3. The molecule has 1 N–H and O–H groups in total. The minimum absolute atomic E-state index is 0.0423. The second-order valence-electron chi connectivity index (χ2n) is 7.42. The van der Waals surface area contributed by atoms with E-state index in [0.29, 0.717) is 18.4 Å². The van der Waals surface area contributed by atoms with Gasteiger partial charge in [0.1, 0.15) is 0 Å². The van der Waals surface area contributed by atoms with Crippen LogP contribution in [0.25, 0.3) is 16.3 Å². The van der Waals surface area contributed by atoms with E-state index in [1.165, 1.54) is 45.0 Å². The first-order valence-electron chi connectivity index (χ1n) is 8.92. The molecule has 0 spiro atoms. The number of nitrogens with one attached hydrogen (secondary N) is 1. The van der Waals surface area contributed by atoms with E-state index in [4.69, 9.17) is 0 Å². The standard InChI is InChI=1S/C21H24N2O/c1-12-4-5-18(19(12)11-23-14(3)24)15-7-16-6-13(2)20-10-22-9-17(8-15)21(16)20/h7-10,12-13H,4-6,11H2,1-3H3,(H,23,24)/t12-,13?/m1/s1. The minimum atomic E-state index is 0.0423. The molecular weight excluding hydrogens is 296 g/mol. The van der Waals surface area contributed by atoms with Crippen molar-refractivity contribution in [3.63, 3.8) is 0 Å². The third kappa shape index (κ3) is 2.43. The van der Waals surface area contributed by atoms with Gasteiger partial charge in [0.25, 0.3) is 0 Å². The van der Waals surface area contributed by atoms with Crippen LogP contribution < -0.4 is 5.32 Å². The summed E-state index contributed by atoms with van der Waals surface area (Å²) in [7, 11) is 0. The van der Waals surface area contributed by atoms with E-state index < -0.39 is 0 Å². The quantitative estimate of drug-likeness (QED) is 0.920. The Morgan fingerprint density at radius 3 is 2.88 bits per heavy atom. The molecule has 124 valence electrons. The number of pyridine rings is 1. The van der Waals surface area contributed by atoms with Crippen molar-refractivity contribution in [2.45, 2.75) is 46.0 Å². The summed E-state index contributed by atoms with van der Waals surface area (Å²) in [6.45, 7) is 6.82. The fourth-order valence-corrected chi connectivity index (χ4v) is 4.42. The highest BCUT2D eigenvalue weighted by Crippen LogP contribution is 2.43. The Balaban J connectivity index is 1.82. The van der Waals surface area contributed by atoms with E-state index in [1.807, 2.05) is 12.4 Å². The molecule has 0 bridgehead atoms. The molecule has 3 heteroatoms. The van der Waals surface area contributed by atoms with Crippen LogP contribution in [0.3, 0.4) is 0 Å². The van der Waals surface area contributed by atoms with Gasteiger partial charge in [-0.25, -0.2) is 0 Å². The topological polar surface area (TPSA) is 42.0 Å². The summed E-state index contributed by atoms with van der Waals surface area (Å²) in [6.07, 6.45) is 7.41. The fraction of sp³-hybridized carbons (Fsp3) is 0.429. The summed E-state index contributed by atoms with van der Waals surface area (Å²) < 4.78 is 0. The predicted molar refractivity (Wildman–Crippen MR) is 97.9 cm³/mol. The molecule has 3 nitrogen and oxygen atoms in total. The molecule has 2 aromatic rings. The van der Waals surface area contributed by atoms with Gasteiger partial charge in [-0.1, -0.05) is 19.9 Å². The summed E-state index contributed by atoms with van der Waals surface area (Å²) in [5, 5.41) is 5.66. The third-order valence-electron chi connectivity index (χ3n) is 5.71. The Morgan fingerprint density at radius 1 is 1.25 bits per heavy atom. The molecule has 0 saturated carbocycles. The van der Waals surface area contributed by atoms with Crippen molar-refractivity contribution in [3.05, 3.63) is 46.8 Å². The number of hydrogen-bond acceptors (Lipinski definition) is 2. The van der Waals surface area contributed by atoms with Crippen LogP contribution in [-0.2, 0) is 11.2 Å². The largest absolute Gasteiger partial charge is 0.353 e. The highest BCUT2D eigenvalue weighted by atomic mass is 16.1. The average Bonchev–Trinajstić information content (AvgIpc) is 3.07. The molecule has 1 amide bonds. The molecule has 0 fully saturated rings. The molecular formula is C21H24N2O. The van der Waals surface area contributed by atoms with Gasteiger partial charge in [-0.15, -0.1) is 0 Å². The molecule has 1 heterocycles. The van der Waals surface area contributed by atoms with Gasteiger partial charge in [0.2, 0.25) is 5.91 Å². The second-order valence-corrected chi connectivity index (χ2v) is 7.42. The van der Waals surface area contributed by atoms with Gasteiger partial charge in [0.05, 0.1) is 0 Å². The van der Waals surface area contributed by atoms with Gasteiger partial charge >= 0.3 is 0 Å². The van der Waals surface area contributed by atoms with E-state index in [9.17, 15) is 4.79 Å². The molecule has 2 aliphatic carbocycles. The number of allylic oxidation sites excluding steroid dienone is 1. The minimum Gasteiger partial charge on any atom is -0.353 e. The first-order valence-corrected chi connectivity index (χ1v) is 8.92. The van der Waals surface area contributed by atoms with E-state index in [-0.39, 0.29) is 5.91 Å². The van der Waals surface area contributed by atoms with Crippen LogP contribution in [-0.4, -0.2) is 17.4 Å². The van der Waals surface area contributed by atoms with Gasteiger partial charge in [-0.2, -0.15) is 0 Å². The van der Waals surface area contributed by atoms with E-state index in [0.717, 1.165) is 12.8 Å². The van der Waals surface area contributed by atoms with E-state index in [1.54, 1.807) is 6.92 Å². The first-order chi connectivity index (χ1) is 11.5. The van der Waals surface area contributed by atoms with Crippen molar-refractivity contribution < 1.29 is 4.79 Å². The van der Waals surface area contributed by atoms with Gasteiger partial charge in [0.15, 0.2) is 0 Å². The molecule has 24 heavy (non-hydrogen) atoms. The molecule has 1 unspecified atom stereocenters. The van der Waals surface area contributed by atoms with Crippen LogP contribution in [0.15, 0.2) is 30.1 Å². The molecule has 2 aliphatic rings. The highest BCUT2D eigenvalue weighted by molar-refractivity contribution is 5.94. The maximum Gasteiger partial charge on any atom is 0.217 e. The highest BCUT2D eigenvalue weighted by Gasteiger charge is 2.26. The van der Waals surface area contributed by atoms with Gasteiger partial charge < -0.3 is 5.32 Å². The number of rotatable bonds is 3. The number of amides is 1. The average molecular weight is 320 g/mol. The summed E-state index contributed by atoms with van der Waals surface area (Å²) in [4.78, 5) is 15.8. The lowest BCUT2D eigenvalue weighted by Crippen LogP contribution is -2.24. The van der Waals surface area contributed by atoms with Crippen molar-refractivity contribution in [1.82, 2.24) is 10.3 Å². The Morgan fingerprint density at radius 2 is 2.08 bits per heavy atom. The summed E-state index contributed by atoms with van der Waals surface area (Å²) >= 11 is 0. The maximum atomic E-state index is 11.3. The zero-order valence-electron chi connectivity index (χ0n) is 14.6. The number of benzene rings is 1. The van der Waals surface area contributed by atoms with Crippen molar-refractivity contribution in [2.24, 2.45) is 5.92 Å². The Bertz CT molecular complexity index is 866. The number of nitrogens with zero attached hydrogens (tertiary/aromatic N) is 1. The zero-order valence-corrected chi connectivity index (χ0v) is 14.6. The monoisotopic (exact) mass is 320 g/mol. The molecule has 1 aromatic heterocycles. The molecule has 1 aromatic carbocycles. The SMILES string of the molecule is CC(=O)NCC1=C(c2cc3c4c(cncc4c2)C(C)C3)CC[C@H]1C. The van der Waals surface area contributed by atoms with Crippen LogP contribution in [0.1, 0.15) is 56.2 Å². The molecule has 0 saturated heterocycles. The van der Waals surface area contributed by atoms with Gasteiger partial charge in [-0.3, -0.25) is 9.78 Å². The van der Waals surface area contributed by atoms with Crippen LogP contribution in [0, 0.1) is 5.92 Å². The molecule has 0 radical (unpaired) electrons. The number of aromatic nitrogens is 1. The zero-order chi connectivity index (χ0) is 16.8. The van der Waals surface area contributed by atoms with Crippen LogP contribution >= 0.6 is 0 Å². The Labute approximate surface area is 143 Å². The van der Waals surface area contributed by atoms with Crippen molar-refractivity contribution in [2.75, 3.05) is 6.54 Å². The fourth-order valence-electron chi connectivity index (χ4n) is 4.42. The van der Waals surface area contributed by atoms with Gasteiger partial charge in [0, 0.05) is 31.2 Å². The number of hydrogen-bond donors (Lipinski definition) is 1. The smallest absolute Gasteiger partial charge is 0.217 e. The van der Waals surface area contributed by atoms with Gasteiger partial charge in [-0.05, 0) is 70.4 Å². The predicted octanol–water partition coefficient (Wildman–Crippen LogP) is 4.21. The first kappa shape index (κ1) is 15.4. The summed E-state index contributed by atoms with van der Waals surface area (Å²) in [5.74, 6) is 1.14. The van der Waals surface area contributed by atoms with Crippen LogP contribution in [0.5, 0.6) is 0 Å². The lowest BCUT2D eigenvalue weighted by atomic mass is 9.95. The Hall–Kier alpha value is -2.16. The summed E-state index contributed by atoms with van der Waals surface area (Å²) in [5.41, 5.74) is 7.00. The second kappa shape index (κ2) is 5.73. The lowest BCUT2D eigenvalue weighted by Gasteiger charge is -2.13. The van der Waals surface area contributed by atoms with Crippen LogP contribution in [0.2, 0.25) is 0 Å². The van der Waals surface area contributed by atoms with Crippen molar-refractivity contribution in [1.29, 1.82) is 0 Å². The summed E-state index contributed by atoms with van der Waals surface area (Å²) in [6, 6.07) is 4.69. The van der Waals surface area contributed by atoms with Crippen molar-refractivity contribution in [3.8, 4) is 0 Å².